The lowest BCUT2D eigenvalue weighted by atomic mass is 10.2. The highest BCUT2D eigenvalue weighted by Crippen LogP contribution is 2.25. The van der Waals surface area contributed by atoms with E-state index in [1.807, 2.05) is 0 Å². The van der Waals surface area contributed by atoms with E-state index in [9.17, 15) is 13.2 Å². The van der Waals surface area contributed by atoms with Crippen LogP contribution in [0.3, 0.4) is 0 Å². The first-order valence-electron chi connectivity index (χ1n) is 5.91. The maximum atomic E-state index is 12.7. The Morgan fingerprint density at radius 1 is 0.905 bits per heavy atom. The molecule has 0 amide bonds. The van der Waals surface area contributed by atoms with E-state index in [1.54, 1.807) is 7.05 Å². The van der Waals surface area contributed by atoms with Crippen LogP contribution in [0.2, 0.25) is 0 Å². The summed E-state index contributed by atoms with van der Waals surface area (Å²) in [5, 5.41) is 22.6. The van der Waals surface area contributed by atoms with Crippen molar-refractivity contribution in [2.45, 2.75) is 0 Å². The van der Waals surface area contributed by atoms with Crippen LogP contribution in [0.15, 0.2) is 30.3 Å². The molecule has 4 N–H and O–H groups in total. The molecule has 0 aliphatic heterocycles. The van der Waals surface area contributed by atoms with Crippen LogP contribution in [-0.2, 0) is 0 Å². The van der Waals surface area contributed by atoms with Gasteiger partial charge in [0.05, 0.1) is 0 Å². The van der Waals surface area contributed by atoms with Crippen molar-refractivity contribution in [2.75, 3.05) is 24.7 Å². The van der Waals surface area contributed by atoms with Crippen molar-refractivity contribution >= 4 is 11.4 Å². The van der Waals surface area contributed by atoms with Gasteiger partial charge in [0.25, 0.3) is 0 Å². The van der Waals surface area contributed by atoms with Gasteiger partial charge in [-0.25, -0.2) is 13.2 Å². The van der Waals surface area contributed by atoms with Crippen molar-refractivity contribution in [3.8, 4) is 11.5 Å². The first-order valence-corrected chi connectivity index (χ1v) is 5.91. The van der Waals surface area contributed by atoms with Crippen LogP contribution in [0.5, 0.6) is 11.5 Å². The van der Waals surface area contributed by atoms with E-state index >= 15 is 0 Å². The average molecular weight is 300 g/mol. The Morgan fingerprint density at radius 3 is 2.05 bits per heavy atom. The lowest BCUT2D eigenvalue weighted by Crippen LogP contribution is -1.96. The summed E-state index contributed by atoms with van der Waals surface area (Å²) in [5.41, 5.74) is 0.252. The molecule has 2 aromatic rings. The van der Waals surface area contributed by atoms with Crippen LogP contribution < -0.4 is 10.6 Å². The summed E-state index contributed by atoms with van der Waals surface area (Å²) in [7, 11) is 3.04. The molecule has 0 heterocycles. The van der Waals surface area contributed by atoms with Crippen LogP contribution in [0, 0.1) is 17.5 Å². The molecule has 7 heteroatoms. The van der Waals surface area contributed by atoms with Gasteiger partial charge in [-0.05, 0) is 18.2 Å². The van der Waals surface area contributed by atoms with E-state index in [-0.39, 0.29) is 11.4 Å². The largest absolute Gasteiger partial charge is 0.508 e. The summed E-state index contributed by atoms with van der Waals surface area (Å²) in [5.74, 6) is -2.75. The number of nitrogens with one attached hydrogen (secondary N) is 2. The summed E-state index contributed by atoms with van der Waals surface area (Å²) >= 11 is 0. The molecular formula is C14H15F3N2O2. The fourth-order valence-electron chi connectivity index (χ4n) is 1.49. The van der Waals surface area contributed by atoms with E-state index in [0.29, 0.717) is 5.69 Å². The first kappa shape index (κ1) is 16.5. The quantitative estimate of drug-likeness (QED) is 0.687. The number of phenols is 2. The van der Waals surface area contributed by atoms with Crippen LogP contribution in [-0.4, -0.2) is 24.3 Å². The molecule has 4 nitrogen and oxygen atoms in total. The van der Waals surface area contributed by atoms with Crippen molar-refractivity contribution in [3.63, 3.8) is 0 Å². The molecule has 0 aliphatic rings. The third kappa shape index (κ3) is 4.48. The van der Waals surface area contributed by atoms with Crippen LogP contribution >= 0.6 is 0 Å². The van der Waals surface area contributed by atoms with Crippen molar-refractivity contribution in [1.82, 2.24) is 0 Å². The molecule has 0 saturated carbocycles. The summed E-state index contributed by atoms with van der Waals surface area (Å²) < 4.78 is 37.7. The Bertz CT molecular complexity index is 601. The first-order chi connectivity index (χ1) is 9.88. The van der Waals surface area contributed by atoms with Crippen LogP contribution in [0.1, 0.15) is 0 Å². The Balaban J connectivity index is 0.000000211. The highest BCUT2D eigenvalue weighted by molar-refractivity contribution is 5.50. The SMILES string of the molecule is CNc1c(F)ccc(O)c1F.CNc1cc(O)cc(F)c1. The Morgan fingerprint density at radius 2 is 1.57 bits per heavy atom. The third-order valence-corrected chi connectivity index (χ3v) is 2.49. The van der Waals surface area contributed by atoms with Crippen LogP contribution in [0.4, 0.5) is 24.5 Å². The smallest absolute Gasteiger partial charge is 0.190 e. The molecule has 0 bridgehead atoms. The van der Waals surface area contributed by atoms with Gasteiger partial charge in [-0.1, -0.05) is 0 Å². The molecule has 0 aromatic heterocycles. The maximum Gasteiger partial charge on any atom is 0.190 e. The molecule has 0 unspecified atom stereocenters. The molecule has 0 saturated heterocycles. The molecule has 2 aromatic carbocycles. The number of aromatic hydroxyl groups is 2. The van der Waals surface area contributed by atoms with E-state index in [2.05, 4.69) is 10.6 Å². The molecule has 0 fully saturated rings. The van der Waals surface area contributed by atoms with Crippen molar-refractivity contribution in [2.24, 2.45) is 0 Å². The average Bonchev–Trinajstić information content (AvgIpc) is 2.43. The van der Waals surface area contributed by atoms with Crippen LogP contribution in [0.25, 0.3) is 0 Å². The zero-order chi connectivity index (χ0) is 16.0. The molecule has 0 aliphatic carbocycles. The fraction of sp³-hybridized carbons (Fsp3) is 0.143. The van der Waals surface area contributed by atoms with Gasteiger partial charge in [-0.2, -0.15) is 0 Å². The van der Waals surface area contributed by atoms with Gasteiger partial charge in [0, 0.05) is 31.9 Å². The number of rotatable bonds is 2. The number of phenolic OH excluding ortho intramolecular Hbond substituents is 2. The number of hydrogen-bond acceptors (Lipinski definition) is 4. The minimum absolute atomic E-state index is 0.0654. The van der Waals surface area contributed by atoms with Gasteiger partial charge < -0.3 is 20.8 Å². The summed E-state index contributed by atoms with van der Waals surface area (Å²) in [4.78, 5) is 0. The number of benzene rings is 2. The molecular weight excluding hydrogens is 285 g/mol. The molecule has 114 valence electrons. The lowest BCUT2D eigenvalue weighted by Gasteiger charge is -2.03. The Labute approximate surface area is 119 Å². The topological polar surface area (TPSA) is 64.5 Å². The van der Waals surface area contributed by atoms with Crippen molar-refractivity contribution in [1.29, 1.82) is 0 Å². The predicted molar refractivity (Wildman–Crippen MR) is 75.2 cm³/mol. The number of anilines is 2. The zero-order valence-corrected chi connectivity index (χ0v) is 11.4. The van der Waals surface area contributed by atoms with E-state index in [0.717, 1.165) is 18.2 Å². The van der Waals surface area contributed by atoms with Crippen molar-refractivity contribution in [3.05, 3.63) is 47.8 Å². The van der Waals surface area contributed by atoms with Gasteiger partial charge in [0.2, 0.25) is 0 Å². The van der Waals surface area contributed by atoms with Gasteiger partial charge in [-0.3, -0.25) is 0 Å². The predicted octanol–water partition coefficient (Wildman–Crippen LogP) is 3.29. The summed E-state index contributed by atoms with van der Waals surface area (Å²) in [6.45, 7) is 0. The Kier molecular flexibility index (Phi) is 5.71. The minimum atomic E-state index is -0.965. The normalized spacial score (nSPS) is 9.57. The number of hydrogen-bond donors (Lipinski definition) is 4. The van der Waals surface area contributed by atoms with E-state index < -0.39 is 23.2 Å². The summed E-state index contributed by atoms with van der Waals surface area (Å²) in [6.07, 6.45) is 0. The number of halogens is 3. The van der Waals surface area contributed by atoms with E-state index in [1.165, 1.54) is 19.2 Å². The van der Waals surface area contributed by atoms with E-state index in [4.69, 9.17) is 10.2 Å². The Hall–Kier alpha value is -2.57. The van der Waals surface area contributed by atoms with Gasteiger partial charge >= 0.3 is 0 Å². The molecule has 21 heavy (non-hydrogen) atoms. The molecule has 2 rings (SSSR count). The molecule has 0 radical (unpaired) electrons. The second-order valence-corrected chi connectivity index (χ2v) is 3.95. The molecule has 0 atom stereocenters. The lowest BCUT2D eigenvalue weighted by molar-refractivity contribution is 0.430. The standard InChI is InChI=1S/C7H7F2NO.C7H8FNO/c1-10-7-4(8)2-3-5(11)6(7)9;1-9-6-2-5(8)3-7(10)4-6/h2-3,10-11H,1H3;2-4,9-10H,1H3. The zero-order valence-electron chi connectivity index (χ0n) is 11.4. The second-order valence-electron chi connectivity index (χ2n) is 3.95. The third-order valence-electron chi connectivity index (χ3n) is 2.49. The minimum Gasteiger partial charge on any atom is -0.508 e. The second kappa shape index (κ2) is 7.28. The monoisotopic (exact) mass is 300 g/mol. The van der Waals surface area contributed by atoms with Gasteiger partial charge in [-0.15, -0.1) is 0 Å². The highest BCUT2D eigenvalue weighted by atomic mass is 19.1. The summed E-state index contributed by atoms with van der Waals surface area (Å²) in [6, 6.07) is 5.76. The highest BCUT2D eigenvalue weighted by Gasteiger charge is 2.10. The maximum absolute atomic E-state index is 12.7. The van der Waals surface area contributed by atoms with Gasteiger partial charge in [0.1, 0.15) is 23.1 Å². The van der Waals surface area contributed by atoms with Crippen molar-refractivity contribution < 1.29 is 23.4 Å². The fourth-order valence-corrected chi connectivity index (χ4v) is 1.49. The molecule has 0 spiro atoms. The van der Waals surface area contributed by atoms with Gasteiger partial charge in [0.15, 0.2) is 11.6 Å².